The highest BCUT2D eigenvalue weighted by Crippen LogP contribution is 2.26. The third-order valence-electron chi connectivity index (χ3n) is 5.31. The molecule has 1 heterocycles. The summed E-state index contributed by atoms with van der Waals surface area (Å²) in [6, 6.07) is 23.7. The van der Waals surface area contributed by atoms with Gasteiger partial charge in [-0.15, -0.1) is 0 Å². The molecule has 168 valence electrons. The van der Waals surface area contributed by atoms with Gasteiger partial charge in [-0.25, -0.2) is 9.97 Å². The fourth-order valence-corrected chi connectivity index (χ4v) is 4.30. The van der Waals surface area contributed by atoms with Gasteiger partial charge in [0.1, 0.15) is 10.8 Å². The predicted molar refractivity (Wildman–Crippen MR) is 135 cm³/mol. The van der Waals surface area contributed by atoms with Crippen molar-refractivity contribution in [2.45, 2.75) is 31.2 Å². The highest BCUT2D eigenvalue weighted by Gasteiger charge is 2.13. The number of thioether (sulfide) groups is 1. The zero-order valence-corrected chi connectivity index (χ0v) is 19.9. The van der Waals surface area contributed by atoms with Gasteiger partial charge < -0.3 is 10.1 Å². The largest absolute Gasteiger partial charge is 0.497 e. The van der Waals surface area contributed by atoms with Crippen LogP contribution in [0.5, 0.6) is 5.75 Å². The van der Waals surface area contributed by atoms with Gasteiger partial charge in [0.05, 0.1) is 29.6 Å². The first-order chi connectivity index (χ1) is 16.0. The Kier molecular flexibility index (Phi) is 7.25. The maximum absolute atomic E-state index is 12.6. The highest BCUT2D eigenvalue weighted by atomic mass is 32.2. The molecule has 0 aliphatic heterocycles. The molecule has 1 N–H and O–H groups in total. The molecule has 1 amide bonds. The Morgan fingerprint density at radius 1 is 0.970 bits per heavy atom. The van der Waals surface area contributed by atoms with Gasteiger partial charge in [0.2, 0.25) is 5.91 Å². The molecule has 33 heavy (non-hydrogen) atoms. The van der Waals surface area contributed by atoms with Crippen molar-refractivity contribution >= 4 is 34.4 Å². The quantitative estimate of drug-likeness (QED) is 0.325. The molecule has 0 atom stereocenters. The zero-order chi connectivity index (χ0) is 23.2. The van der Waals surface area contributed by atoms with E-state index >= 15 is 0 Å². The maximum atomic E-state index is 12.6. The summed E-state index contributed by atoms with van der Waals surface area (Å²) in [6.07, 6.45) is 0.607. The molecule has 1 aromatic heterocycles. The lowest BCUT2D eigenvalue weighted by Gasteiger charge is -2.11. The number of carbonyl (C=O) groups is 1. The summed E-state index contributed by atoms with van der Waals surface area (Å²) in [7, 11) is 1.66. The average molecular weight is 458 g/mol. The van der Waals surface area contributed by atoms with Crippen LogP contribution in [0.4, 0.5) is 5.69 Å². The van der Waals surface area contributed by atoms with E-state index in [1.165, 1.54) is 17.3 Å². The van der Waals surface area contributed by atoms with Crippen LogP contribution in [-0.4, -0.2) is 28.7 Å². The Bertz CT molecular complexity index is 1260. The molecule has 0 saturated carbocycles. The van der Waals surface area contributed by atoms with Crippen molar-refractivity contribution in [1.82, 2.24) is 9.97 Å². The van der Waals surface area contributed by atoms with E-state index in [1.807, 2.05) is 60.7 Å². The highest BCUT2D eigenvalue weighted by molar-refractivity contribution is 8.00. The maximum Gasteiger partial charge on any atom is 0.234 e. The number of ether oxygens (including phenoxy) is 1. The van der Waals surface area contributed by atoms with Crippen LogP contribution >= 0.6 is 11.8 Å². The van der Waals surface area contributed by atoms with Crippen molar-refractivity contribution in [3.8, 4) is 5.75 Å². The number of hydrogen-bond donors (Lipinski definition) is 1. The molecule has 0 unspecified atom stereocenters. The minimum absolute atomic E-state index is 0.0698. The van der Waals surface area contributed by atoms with E-state index in [9.17, 15) is 4.79 Å². The van der Waals surface area contributed by atoms with Crippen molar-refractivity contribution in [2.75, 3.05) is 18.2 Å². The molecule has 0 radical (unpaired) electrons. The number of para-hydroxylation sites is 2. The Labute approximate surface area is 198 Å². The second-order valence-electron chi connectivity index (χ2n) is 8.11. The number of anilines is 1. The topological polar surface area (TPSA) is 64.1 Å². The summed E-state index contributed by atoms with van der Waals surface area (Å²) in [5, 5.41) is 3.74. The second-order valence-corrected chi connectivity index (χ2v) is 9.07. The van der Waals surface area contributed by atoms with Gasteiger partial charge >= 0.3 is 0 Å². The van der Waals surface area contributed by atoms with Gasteiger partial charge in [0.15, 0.2) is 0 Å². The first-order valence-corrected chi connectivity index (χ1v) is 11.9. The van der Waals surface area contributed by atoms with E-state index < -0.39 is 0 Å². The minimum atomic E-state index is -0.0698. The number of methoxy groups -OCH3 is 1. The molecule has 0 saturated heterocycles. The molecule has 0 spiro atoms. The van der Waals surface area contributed by atoms with Gasteiger partial charge in [0.25, 0.3) is 0 Å². The van der Waals surface area contributed by atoms with E-state index in [0.717, 1.165) is 38.8 Å². The van der Waals surface area contributed by atoms with Crippen LogP contribution in [0.3, 0.4) is 0 Å². The molecule has 0 bridgehead atoms. The van der Waals surface area contributed by atoms with Crippen LogP contribution in [0.15, 0.2) is 77.8 Å². The predicted octanol–water partition coefficient (Wildman–Crippen LogP) is 6.08. The van der Waals surface area contributed by atoms with Crippen LogP contribution < -0.4 is 10.1 Å². The van der Waals surface area contributed by atoms with Crippen LogP contribution in [0.2, 0.25) is 0 Å². The first kappa shape index (κ1) is 22.8. The summed E-state index contributed by atoms with van der Waals surface area (Å²) in [5.74, 6) is 1.45. The normalized spacial score (nSPS) is 11.0. The Morgan fingerprint density at radius 2 is 1.70 bits per heavy atom. The van der Waals surface area contributed by atoms with Crippen molar-refractivity contribution < 1.29 is 9.53 Å². The first-order valence-electron chi connectivity index (χ1n) is 10.9. The summed E-state index contributed by atoms with van der Waals surface area (Å²) < 4.78 is 5.35. The molecular weight excluding hydrogens is 430 g/mol. The van der Waals surface area contributed by atoms with Crippen molar-refractivity contribution in [2.24, 2.45) is 0 Å². The number of aromatic nitrogens is 2. The number of rotatable bonds is 8. The lowest BCUT2D eigenvalue weighted by molar-refractivity contribution is -0.113. The van der Waals surface area contributed by atoms with Crippen LogP contribution in [0.1, 0.15) is 36.6 Å². The zero-order valence-electron chi connectivity index (χ0n) is 19.0. The number of nitrogens with zero attached hydrogens (tertiary/aromatic N) is 2. The smallest absolute Gasteiger partial charge is 0.234 e. The molecule has 6 heteroatoms. The molecular formula is C27H27N3O2S. The fourth-order valence-electron chi connectivity index (χ4n) is 3.51. The van der Waals surface area contributed by atoms with Crippen molar-refractivity contribution in [3.05, 3.63) is 89.6 Å². The lowest BCUT2D eigenvalue weighted by atomic mass is 10.0. The van der Waals surface area contributed by atoms with Gasteiger partial charge in [-0.2, -0.15) is 0 Å². The van der Waals surface area contributed by atoms with Crippen molar-refractivity contribution in [1.29, 1.82) is 0 Å². The van der Waals surface area contributed by atoms with Crippen LogP contribution in [0, 0.1) is 0 Å². The summed E-state index contributed by atoms with van der Waals surface area (Å²) in [5.41, 5.74) is 5.63. The van der Waals surface area contributed by atoms with Gasteiger partial charge in [-0.1, -0.05) is 62.0 Å². The fraction of sp³-hybridized carbons (Fsp3) is 0.222. The number of nitrogens with one attached hydrogen (secondary N) is 1. The Balaban J connectivity index is 1.51. The third-order valence-corrected chi connectivity index (χ3v) is 6.32. The molecule has 4 aromatic rings. The molecule has 5 nitrogen and oxygen atoms in total. The molecule has 0 aliphatic carbocycles. The van der Waals surface area contributed by atoms with Crippen molar-refractivity contribution in [3.63, 3.8) is 0 Å². The summed E-state index contributed by atoms with van der Waals surface area (Å²) in [6.45, 7) is 4.30. The van der Waals surface area contributed by atoms with Crippen LogP contribution in [0.25, 0.3) is 11.0 Å². The SMILES string of the molecule is COc1cccc(Cc2nc3ccccc3nc2SCC(=O)Nc2ccc(C(C)C)cc2)c1. The minimum Gasteiger partial charge on any atom is -0.497 e. The third kappa shape index (κ3) is 5.90. The van der Waals surface area contributed by atoms with E-state index in [2.05, 4.69) is 31.3 Å². The standard InChI is InChI=1S/C27H27N3O2S/c1-18(2)20-11-13-21(14-12-20)28-26(31)17-33-27-25(16-19-7-6-8-22(15-19)32-3)29-23-9-4-5-10-24(23)30-27/h4-15,18H,16-17H2,1-3H3,(H,28,31). The van der Waals surface area contributed by atoms with Gasteiger partial charge in [-0.3, -0.25) is 4.79 Å². The summed E-state index contributed by atoms with van der Waals surface area (Å²) in [4.78, 5) is 22.3. The van der Waals surface area contributed by atoms with E-state index in [1.54, 1.807) is 7.11 Å². The van der Waals surface area contributed by atoms with Gasteiger partial charge in [0, 0.05) is 12.1 Å². The number of fused-ring (bicyclic) bond motifs is 1. The van der Waals surface area contributed by atoms with Crippen LogP contribution in [-0.2, 0) is 11.2 Å². The molecule has 0 aliphatic rings. The lowest BCUT2D eigenvalue weighted by Crippen LogP contribution is -2.14. The number of benzene rings is 3. The van der Waals surface area contributed by atoms with E-state index in [4.69, 9.17) is 14.7 Å². The monoisotopic (exact) mass is 457 g/mol. The summed E-state index contributed by atoms with van der Waals surface area (Å²) >= 11 is 1.41. The van der Waals surface area contributed by atoms with E-state index in [0.29, 0.717) is 12.3 Å². The number of hydrogen-bond acceptors (Lipinski definition) is 5. The number of carbonyl (C=O) groups excluding carboxylic acids is 1. The van der Waals surface area contributed by atoms with Gasteiger partial charge in [-0.05, 0) is 53.4 Å². The molecule has 4 rings (SSSR count). The molecule has 0 fully saturated rings. The van der Waals surface area contributed by atoms with E-state index in [-0.39, 0.29) is 11.7 Å². The molecule has 3 aromatic carbocycles. The second kappa shape index (κ2) is 10.5. The Morgan fingerprint density at radius 3 is 2.39 bits per heavy atom. The average Bonchev–Trinajstić information content (AvgIpc) is 2.83. The Hall–Kier alpha value is -3.38. The number of amides is 1.